The Hall–Kier alpha value is -2.43. The summed E-state index contributed by atoms with van der Waals surface area (Å²) >= 11 is -0.123. The zero-order valence-electron chi connectivity index (χ0n) is 14.8. The molecule has 136 valence electrons. The molecule has 7 heteroatoms. The molecule has 0 aliphatic rings. The van der Waals surface area contributed by atoms with Crippen LogP contribution in [0, 0.1) is 0 Å². The second-order valence-corrected chi connectivity index (χ2v) is 11.9. The van der Waals surface area contributed by atoms with E-state index in [9.17, 15) is 4.79 Å². The third-order valence-corrected chi connectivity index (χ3v) is 9.49. The topological polar surface area (TPSA) is 70.7 Å². The molecular formula is C20H19AsN4OS. The predicted octanol–water partition coefficient (Wildman–Crippen LogP) is 5.10. The van der Waals surface area contributed by atoms with Crippen molar-refractivity contribution in [1.29, 1.82) is 0 Å². The number of aromatic amines is 1. The molecule has 0 saturated heterocycles. The standard InChI is InChI=1S/C20H19AsN4OS/c1-2-21(11-14-6-4-3-5-7-14)20(26)23-15-8-9-16-17(10-15)25-19(24-16)18-12-27-13-22-18/h3-10,12-13H,2,11H2,1H3,(H,23,26)(H,24,25). The molecule has 4 rings (SSSR count). The second-order valence-electron chi connectivity index (χ2n) is 6.12. The molecule has 1 atom stereocenters. The number of hydrogen-bond acceptors (Lipinski definition) is 4. The van der Waals surface area contributed by atoms with Crippen LogP contribution in [0.5, 0.6) is 0 Å². The van der Waals surface area contributed by atoms with Gasteiger partial charge in [-0.1, -0.05) is 0 Å². The summed E-state index contributed by atoms with van der Waals surface area (Å²) in [5.74, 6) is 0.750. The molecule has 27 heavy (non-hydrogen) atoms. The van der Waals surface area contributed by atoms with E-state index < -0.39 is 14.7 Å². The summed E-state index contributed by atoms with van der Waals surface area (Å²) in [7, 11) is 0. The molecule has 4 aromatic rings. The Morgan fingerprint density at radius 3 is 2.81 bits per heavy atom. The summed E-state index contributed by atoms with van der Waals surface area (Å²) in [5.41, 5.74) is 6.44. The van der Waals surface area contributed by atoms with Crippen LogP contribution < -0.4 is 5.32 Å². The average molecular weight is 438 g/mol. The quantitative estimate of drug-likeness (QED) is 0.412. The van der Waals surface area contributed by atoms with Crippen molar-refractivity contribution in [2.24, 2.45) is 0 Å². The first kappa shape index (κ1) is 18.0. The number of benzene rings is 2. The number of thiazole rings is 1. The maximum atomic E-state index is 12.8. The van der Waals surface area contributed by atoms with Gasteiger partial charge in [-0.2, -0.15) is 0 Å². The van der Waals surface area contributed by atoms with Crippen molar-refractivity contribution in [1.82, 2.24) is 15.0 Å². The maximum absolute atomic E-state index is 12.8. The fourth-order valence-electron chi connectivity index (χ4n) is 2.87. The molecule has 0 aliphatic carbocycles. The van der Waals surface area contributed by atoms with Gasteiger partial charge < -0.3 is 0 Å². The van der Waals surface area contributed by atoms with E-state index in [-0.39, 0.29) is 4.69 Å². The molecule has 0 saturated carbocycles. The second kappa shape index (κ2) is 8.07. The summed E-state index contributed by atoms with van der Waals surface area (Å²) in [4.78, 5) is 24.9. The Kier molecular flexibility index (Phi) is 5.37. The van der Waals surface area contributed by atoms with Crippen molar-refractivity contribution < 1.29 is 4.79 Å². The Balaban J connectivity index is 1.50. The predicted molar refractivity (Wildman–Crippen MR) is 113 cm³/mol. The molecule has 0 bridgehead atoms. The number of carbonyl (C=O) groups is 1. The Morgan fingerprint density at radius 2 is 2.07 bits per heavy atom. The SMILES string of the molecule is CC[As](Cc1ccccc1)C(=O)Nc1ccc2nc(-c3cscn3)[nH]c2c1. The van der Waals surface area contributed by atoms with E-state index in [2.05, 4.69) is 39.3 Å². The summed E-state index contributed by atoms with van der Waals surface area (Å²) in [6, 6.07) is 16.0. The minimum atomic E-state index is -1.66. The molecule has 2 aromatic carbocycles. The van der Waals surface area contributed by atoms with Crippen LogP contribution in [0.3, 0.4) is 0 Å². The summed E-state index contributed by atoms with van der Waals surface area (Å²) < 4.78 is 0.187. The van der Waals surface area contributed by atoms with Crippen LogP contribution in [0.2, 0.25) is 5.21 Å². The van der Waals surface area contributed by atoms with E-state index in [0.29, 0.717) is 0 Å². The molecule has 5 nitrogen and oxygen atoms in total. The van der Waals surface area contributed by atoms with Crippen LogP contribution in [0.15, 0.2) is 59.4 Å². The van der Waals surface area contributed by atoms with Gasteiger partial charge in [0, 0.05) is 0 Å². The minimum absolute atomic E-state index is 0.187. The third kappa shape index (κ3) is 4.12. The number of imidazole rings is 1. The first-order valence-electron chi connectivity index (χ1n) is 8.71. The number of H-pyrrole nitrogens is 1. The van der Waals surface area contributed by atoms with Crippen molar-refractivity contribution >= 4 is 47.4 Å². The summed E-state index contributed by atoms with van der Waals surface area (Å²) in [5, 5.41) is 6.90. The van der Waals surface area contributed by atoms with Crippen LogP contribution in [-0.2, 0) is 5.21 Å². The molecule has 0 aliphatic heterocycles. The molecule has 2 aromatic heterocycles. The first-order chi connectivity index (χ1) is 13.2. The molecule has 0 spiro atoms. The normalized spacial score (nSPS) is 12.2. The first-order valence-corrected chi connectivity index (χ1v) is 13.2. The molecule has 2 N–H and O–H groups in total. The van der Waals surface area contributed by atoms with Gasteiger partial charge in [0.1, 0.15) is 0 Å². The van der Waals surface area contributed by atoms with Crippen LogP contribution in [0.4, 0.5) is 10.5 Å². The number of anilines is 1. The van der Waals surface area contributed by atoms with E-state index in [1.165, 1.54) is 16.9 Å². The number of rotatable bonds is 6. The molecule has 1 amide bonds. The van der Waals surface area contributed by atoms with E-state index in [1.807, 2.05) is 41.8 Å². The average Bonchev–Trinajstić information content (AvgIpc) is 3.36. The van der Waals surface area contributed by atoms with Crippen molar-refractivity contribution in [2.45, 2.75) is 17.3 Å². The molecule has 0 fully saturated rings. The molecular weight excluding hydrogens is 419 g/mol. The number of fused-ring (bicyclic) bond motifs is 1. The van der Waals surface area contributed by atoms with Crippen LogP contribution >= 0.6 is 11.3 Å². The van der Waals surface area contributed by atoms with Crippen molar-refractivity contribution in [2.75, 3.05) is 5.32 Å². The molecule has 1 unspecified atom stereocenters. The fraction of sp³-hybridized carbons (Fsp3) is 0.150. The van der Waals surface area contributed by atoms with E-state index in [1.54, 1.807) is 5.51 Å². The number of carbonyl (C=O) groups excluding carboxylic acids is 1. The zero-order chi connectivity index (χ0) is 18.6. The van der Waals surface area contributed by atoms with Gasteiger partial charge in [-0.25, -0.2) is 0 Å². The van der Waals surface area contributed by atoms with Gasteiger partial charge in [0.25, 0.3) is 0 Å². The summed E-state index contributed by atoms with van der Waals surface area (Å²) in [6.07, 6.45) is 0. The van der Waals surface area contributed by atoms with Gasteiger partial charge in [0.05, 0.1) is 0 Å². The van der Waals surface area contributed by atoms with Gasteiger partial charge in [-0.05, 0) is 0 Å². The van der Waals surface area contributed by atoms with Gasteiger partial charge in [-0.15, -0.1) is 0 Å². The Labute approximate surface area is 166 Å². The van der Waals surface area contributed by atoms with E-state index >= 15 is 0 Å². The van der Waals surface area contributed by atoms with Gasteiger partial charge in [0.15, 0.2) is 0 Å². The van der Waals surface area contributed by atoms with Crippen LogP contribution in [0.25, 0.3) is 22.6 Å². The fourth-order valence-corrected chi connectivity index (χ4v) is 6.75. The van der Waals surface area contributed by atoms with Crippen molar-refractivity contribution in [3.05, 3.63) is 65.0 Å². The number of nitrogens with zero attached hydrogens (tertiary/aromatic N) is 2. The monoisotopic (exact) mass is 438 g/mol. The van der Waals surface area contributed by atoms with Crippen molar-refractivity contribution in [3.63, 3.8) is 0 Å². The van der Waals surface area contributed by atoms with E-state index in [4.69, 9.17) is 0 Å². The zero-order valence-corrected chi connectivity index (χ0v) is 17.5. The molecule has 2 heterocycles. The van der Waals surface area contributed by atoms with Crippen LogP contribution in [-0.4, -0.2) is 34.3 Å². The Bertz CT molecular complexity index is 1050. The number of amides is 1. The van der Waals surface area contributed by atoms with Gasteiger partial charge in [0.2, 0.25) is 0 Å². The summed E-state index contributed by atoms with van der Waals surface area (Å²) in [6.45, 7) is 2.11. The number of nitrogens with one attached hydrogen (secondary N) is 2. The van der Waals surface area contributed by atoms with Gasteiger partial charge in [-0.3, -0.25) is 0 Å². The third-order valence-electron chi connectivity index (χ3n) is 4.29. The van der Waals surface area contributed by atoms with E-state index in [0.717, 1.165) is 38.7 Å². The molecule has 0 radical (unpaired) electrons. The number of hydrogen-bond donors (Lipinski definition) is 2. The Morgan fingerprint density at radius 1 is 1.22 bits per heavy atom. The van der Waals surface area contributed by atoms with Crippen LogP contribution in [0.1, 0.15) is 12.5 Å². The van der Waals surface area contributed by atoms with Gasteiger partial charge >= 0.3 is 166 Å². The van der Waals surface area contributed by atoms with Crippen molar-refractivity contribution in [3.8, 4) is 11.5 Å². The number of aromatic nitrogens is 3.